The maximum absolute atomic E-state index is 11.5. The highest BCUT2D eigenvalue weighted by molar-refractivity contribution is 5.98. The molecule has 1 atom stereocenters. The summed E-state index contributed by atoms with van der Waals surface area (Å²) in [5.41, 5.74) is 0. The van der Waals surface area contributed by atoms with Gasteiger partial charge in [0.05, 0.1) is 6.61 Å². The molecule has 0 aromatic heterocycles. The quantitative estimate of drug-likeness (QED) is 0.269. The van der Waals surface area contributed by atoms with Crippen LogP contribution in [0.2, 0.25) is 0 Å². The van der Waals surface area contributed by atoms with Crippen molar-refractivity contribution in [3.63, 3.8) is 0 Å². The zero-order valence-corrected chi connectivity index (χ0v) is 9.62. The third-order valence-corrected chi connectivity index (χ3v) is 2.20. The normalized spacial score (nSPS) is 11.9. The zero-order chi connectivity index (χ0) is 11.7. The van der Waals surface area contributed by atoms with Crippen LogP contribution in [0.15, 0.2) is 12.7 Å². The van der Waals surface area contributed by atoms with Gasteiger partial charge in [-0.3, -0.25) is 9.59 Å². The number of ketones is 1. The Labute approximate surface area is 91.5 Å². The predicted molar refractivity (Wildman–Crippen MR) is 59.5 cm³/mol. The Morgan fingerprint density at radius 2 is 2.07 bits per heavy atom. The molecule has 0 N–H and O–H groups in total. The van der Waals surface area contributed by atoms with Crippen LogP contribution in [0, 0.1) is 5.92 Å². The second-order valence-electron chi connectivity index (χ2n) is 3.47. The van der Waals surface area contributed by atoms with Crippen molar-refractivity contribution in [1.29, 1.82) is 0 Å². The van der Waals surface area contributed by atoms with E-state index < -0.39 is 11.9 Å². The van der Waals surface area contributed by atoms with Gasteiger partial charge in [-0.25, -0.2) is 0 Å². The maximum atomic E-state index is 11.5. The zero-order valence-electron chi connectivity index (χ0n) is 9.62. The second-order valence-corrected chi connectivity index (χ2v) is 3.47. The Kier molecular flexibility index (Phi) is 7.60. The molecule has 0 aliphatic carbocycles. The van der Waals surface area contributed by atoms with Crippen LogP contribution in [0.1, 0.15) is 39.5 Å². The standard InChI is InChI=1S/C12H20O3/c1-4-6-7-8-9-11(13)10(3)12(14)15-5-2/h4,10H,1,5-9H2,2-3H3. The number of carbonyl (C=O) groups excluding carboxylic acids is 2. The average Bonchev–Trinajstić information content (AvgIpc) is 2.23. The van der Waals surface area contributed by atoms with E-state index in [0.29, 0.717) is 13.0 Å². The Bertz CT molecular complexity index is 221. The lowest BCUT2D eigenvalue weighted by Gasteiger charge is -2.08. The molecule has 0 saturated carbocycles. The van der Waals surface area contributed by atoms with E-state index in [1.807, 2.05) is 6.08 Å². The number of Topliss-reactive ketones (excluding diaryl/α,β-unsaturated/α-hetero) is 1. The van der Waals surface area contributed by atoms with Crippen LogP contribution in [0.25, 0.3) is 0 Å². The molecule has 0 fully saturated rings. The van der Waals surface area contributed by atoms with Gasteiger partial charge in [0.25, 0.3) is 0 Å². The first-order valence-electron chi connectivity index (χ1n) is 5.43. The molecular formula is C12H20O3. The summed E-state index contributed by atoms with van der Waals surface area (Å²) in [5.74, 6) is -1.06. The lowest BCUT2D eigenvalue weighted by atomic mass is 10.0. The SMILES string of the molecule is C=CCCCCC(=O)C(C)C(=O)OCC. The molecular weight excluding hydrogens is 192 g/mol. The summed E-state index contributed by atoms with van der Waals surface area (Å²) in [6.07, 6.45) is 4.97. The number of hydrogen-bond acceptors (Lipinski definition) is 3. The molecule has 0 aromatic rings. The van der Waals surface area contributed by atoms with Gasteiger partial charge in [-0.2, -0.15) is 0 Å². The number of ether oxygens (including phenoxy) is 1. The molecule has 0 saturated heterocycles. The topological polar surface area (TPSA) is 43.4 Å². The predicted octanol–water partition coefficient (Wildman–Crippen LogP) is 2.50. The average molecular weight is 212 g/mol. The fourth-order valence-corrected chi connectivity index (χ4v) is 1.20. The number of carbonyl (C=O) groups is 2. The highest BCUT2D eigenvalue weighted by Crippen LogP contribution is 2.08. The minimum atomic E-state index is -0.617. The molecule has 15 heavy (non-hydrogen) atoms. The van der Waals surface area contributed by atoms with Gasteiger partial charge < -0.3 is 4.74 Å². The Morgan fingerprint density at radius 1 is 1.40 bits per heavy atom. The highest BCUT2D eigenvalue weighted by Gasteiger charge is 2.21. The first kappa shape index (κ1) is 13.9. The molecule has 0 rings (SSSR count). The van der Waals surface area contributed by atoms with Crippen molar-refractivity contribution < 1.29 is 14.3 Å². The molecule has 0 bridgehead atoms. The number of unbranched alkanes of at least 4 members (excludes halogenated alkanes) is 2. The van der Waals surface area contributed by atoms with Gasteiger partial charge in [0.15, 0.2) is 0 Å². The van der Waals surface area contributed by atoms with Crippen molar-refractivity contribution in [2.24, 2.45) is 5.92 Å². The second kappa shape index (κ2) is 8.21. The van der Waals surface area contributed by atoms with E-state index in [0.717, 1.165) is 19.3 Å². The van der Waals surface area contributed by atoms with Gasteiger partial charge >= 0.3 is 5.97 Å². The summed E-state index contributed by atoms with van der Waals surface area (Å²) in [5, 5.41) is 0. The summed E-state index contributed by atoms with van der Waals surface area (Å²) >= 11 is 0. The molecule has 0 spiro atoms. The van der Waals surface area contributed by atoms with Gasteiger partial charge in [0, 0.05) is 6.42 Å². The lowest BCUT2D eigenvalue weighted by Crippen LogP contribution is -2.23. The summed E-state index contributed by atoms with van der Waals surface area (Å²) in [6.45, 7) is 7.27. The smallest absolute Gasteiger partial charge is 0.316 e. The molecule has 3 nitrogen and oxygen atoms in total. The van der Waals surface area contributed by atoms with Gasteiger partial charge in [-0.15, -0.1) is 6.58 Å². The molecule has 0 aliphatic rings. The van der Waals surface area contributed by atoms with E-state index in [9.17, 15) is 9.59 Å². The largest absolute Gasteiger partial charge is 0.465 e. The van der Waals surface area contributed by atoms with Crippen LogP contribution in [0.3, 0.4) is 0 Å². The monoisotopic (exact) mass is 212 g/mol. The number of hydrogen-bond donors (Lipinski definition) is 0. The van der Waals surface area contributed by atoms with Gasteiger partial charge in [0.2, 0.25) is 0 Å². The van der Waals surface area contributed by atoms with Crippen molar-refractivity contribution >= 4 is 11.8 Å². The van der Waals surface area contributed by atoms with Crippen LogP contribution in [0.4, 0.5) is 0 Å². The van der Waals surface area contributed by atoms with E-state index in [1.165, 1.54) is 0 Å². The summed E-state index contributed by atoms with van der Waals surface area (Å²) in [4.78, 5) is 22.7. The minimum absolute atomic E-state index is 0.0301. The molecule has 1 unspecified atom stereocenters. The third kappa shape index (κ3) is 6.05. The van der Waals surface area contributed by atoms with Gasteiger partial charge in [-0.05, 0) is 33.1 Å². The lowest BCUT2D eigenvalue weighted by molar-refractivity contribution is -0.150. The van der Waals surface area contributed by atoms with Crippen LogP contribution < -0.4 is 0 Å². The summed E-state index contributed by atoms with van der Waals surface area (Å²) < 4.78 is 4.78. The maximum Gasteiger partial charge on any atom is 0.316 e. The summed E-state index contributed by atoms with van der Waals surface area (Å²) in [6, 6.07) is 0. The molecule has 0 heterocycles. The fourth-order valence-electron chi connectivity index (χ4n) is 1.20. The molecule has 0 radical (unpaired) electrons. The summed E-state index contributed by atoms with van der Waals surface area (Å²) in [7, 11) is 0. The first-order valence-corrected chi connectivity index (χ1v) is 5.43. The van der Waals surface area contributed by atoms with Crippen LogP contribution in [-0.2, 0) is 14.3 Å². The van der Waals surface area contributed by atoms with Crippen molar-refractivity contribution in [2.45, 2.75) is 39.5 Å². The van der Waals surface area contributed by atoms with E-state index in [1.54, 1.807) is 13.8 Å². The highest BCUT2D eigenvalue weighted by atomic mass is 16.5. The van der Waals surface area contributed by atoms with Crippen LogP contribution >= 0.6 is 0 Å². The van der Waals surface area contributed by atoms with Crippen molar-refractivity contribution in [2.75, 3.05) is 6.61 Å². The Morgan fingerprint density at radius 3 is 2.60 bits per heavy atom. The molecule has 0 aliphatic heterocycles. The molecule has 86 valence electrons. The van der Waals surface area contributed by atoms with E-state index in [2.05, 4.69) is 6.58 Å². The van der Waals surface area contributed by atoms with Gasteiger partial charge in [0.1, 0.15) is 11.7 Å². The molecule has 3 heteroatoms. The van der Waals surface area contributed by atoms with E-state index in [-0.39, 0.29) is 5.78 Å². The Hall–Kier alpha value is -1.12. The first-order chi connectivity index (χ1) is 7.13. The number of rotatable bonds is 8. The number of allylic oxidation sites excluding steroid dienone is 1. The third-order valence-electron chi connectivity index (χ3n) is 2.20. The minimum Gasteiger partial charge on any atom is -0.465 e. The van der Waals surface area contributed by atoms with Crippen molar-refractivity contribution in [1.82, 2.24) is 0 Å². The van der Waals surface area contributed by atoms with E-state index in [4.69, 9.17) is 4.74 Å². The van der Waals surface area contributed by atoms with Gasteiger partial charge in [-0.1, -0.05) is 6.08 Å². The molecule has 0 aromatic carbocycles. The van der Waals surface area contributed by atoms with Crippen LogP contribution in [0.5, 0.6) is 0 Å². The van der Waals surface area contributed by atoms with Crippen molar-refractivity contribution in [3.05, 3.63) is 12.7 Å². The van der Waals surface area contributed by atoms with Crippen molar-refractivity contribution in [3.8, 4) is 0 Å². The van der Waals surface area contributed by atoms with Crippen LogP contribution in [-0.4, -0.2) is 18.4 Å². The Balaban J connectivity index is 3.78. The van der Waals surface area contributed by atoms with E-state index >= 15 is 0 Å². The number of esters is 1. The molecule has 0 amide bonds. The fraction of sp³-hybridized carbons (Fsp3) is 0.667.